The molecule has 2 heterocycles. The molecule has 16 heavy (non-hydrogen) atoms. The van der Waals surface area contributed by atoms with E-state index in [1.54, 1.807) is 6.20 Å². The van der Waals surface area contributed by atoms with Crippen LogP contribution in [0.15, 0.2) is 30.7 Å². The molecule has 2 aromatic rings. The van der Waals surface area contributed by atoms with Crippen molar-refractivity contribution in [1.82, 2.24) is 15.3 Å². The maximum atomic E-state index is 5.79. The van der Waals surface area contributed by atoms with Crippen molar-refractivity contribution in [2.45, 2.75) is 13.0 Å². The molecule has 2 rings (SSSR count). The number of thiazole rings is 1. The maximum Gasteiger partial charge on any atom is 0.113 e. The Hall–Kier alpha value is -0.970. The predicted octanol–water partition coefficient (Wildman–Crippen LogP) is 2.52. The van der Waals surface area contributed by atoms with Gasteiger partial charge in [-0.2, -0.15) is 0 Å². The Morgan fingerprint density at radius 1 is 1.31 bits per heavy atom. The van der Waals surface area contributed by atoms with E-state index in [0.29, 0.717) is 0 Å². The van der Waals surface area contributed by atoms with Crippen LogP contribution in [0.25, 0.3) is 0 Å². The fraction of sp³-hybridized carbons (Fsp3) is 0.273. The Morgan fingerprint density at radius 2 is 2.12 bits per heavy atom. The summed E-state index contributed by atoms with van der Waals surface area (Å²) in [6.07, 6.45) is 6.32. The topological polar surface area (TPSA) is 37.8 Å². The first kappa shape index (κ1) is 11.5. The van der Waals surface area contributed by atoms with Gasteiger partial charge in [-0.1, -0.05) is 11.6 Å². The molecular formula is C11H12ClN3S. The Kier molecular flexibility index (Phi) is 4.27. The summed E-state index contributed by atoms with van der Waals surface area (Å²) in [5.41, 5.74) is 1.29. The van der Waals surface area contributed by atoms with Crippen LogP contribution in [-0.4, -0.2) is 16.5 Å². The summed E-state index contributed by atoms with van der Waals surface area (Å²) in [5.74, 6) is 0. The molecule has 0 aliphatic rings. The van der Waals surface area contributed by atoms with Gasteiger partial charge in [-0.25, -0.2) is 4.98 Å². The van der Waals surface area contributed by atoms with Crippen molar-refractivity contribution in [3.63, 3.8) is 0 Å². The minimum atomic E-state index is 0.742. The summed E-state index contributed by atoms with van der Waals surface area (Å²) in [7, 11) is 0. The molecule has 84 valence electrons. The van der Waals surface area contributed by atoms with E-state index < -0.39 is 0 Å². The number of hydrogen-bond donors (Lipinski definition) is 1. The number of aromatic nitrogens is 2. The molecule has 0 radical (unpaired) electrons. The fourth-order valence-corrected chi connectivity index (χ4v) is 2.27. The molecule has 0 aromatic carbocycles. The van der Waals surface area contributed by atoms with E-state index >= 15 is 0 Å². The molecule has 0 unspecified atom stereocenters. The van der Waals surface area contributed by atoms with Crippen molar-refractivity contribution >= 4 is 22.9 Å². The number of nitrogens with zero attached hydrogens (tertiary/aromatic N) is 2. The Morgan fingerprint density at radius 3 is 2.81 bits per heavy atom. The summed E-state index contributed by atoms with van der Waals surface area (Å²) >= 11 is 7.31. The maximum absolute atomic E-state index is 5.79. The lowest BCUT2D eigenvalue weighted by atomic mass is 10.2. The second-order valence-corrected chi connectivity index (χ2v) is 5.09. The third-order valence-corrected chi connectivity index (χ3v) is 3.26. The number of hydrogen-bond acceptors (Lipinski definition) is 4. The van der Waals surface area contributed by atoms with Crippen molar-refractivity contribution < 1.29 is 0 Å². The first-order chi connectivity index (χ1) is 7.84. The Balaban J connectivity index is 1.69. The van der Waals surface area contributed by atoms with Crippen LogP contribution in [0.1, 0.15) is 10.6 Å². The monoisotopic (exact) mass is 253 g/mol. The quantitative estimate of drug-likeness (QED) is 0.833. The van der Waals surface area contributed by atoms with Crippen LogP contribution >= 0.6 is 22.9 Å². The van der Waals surface area contributed by atoms with Crippen LogP contribution in [-0.2, 0) is 13.0 Å². The minimum Gasteiger partial charge on any atom is -0.310 e. The molecule has 2 aromatic heterocycles. The fourth-order valence-electron chi connectivity index (χ4n) is 1.35. The lowest BCUT2D eigenvalue weighted by Gasteiger charge is -2.02. The van der Waals surface area contributed by atoms with Gasteiger partial charge in [-0.15, -0.1) is 11.3 Å². The van der Waals surface area contributed by atoms with E-state index in [4.69, 9.17) is 11.6 Å². The zero-order valence-corrected chi connectivity index (χ0v) is 10.3. The average molecular weight is 254 g/mol. The molecule has 5 heteroatoms. The van der Waals surface area contributed by atoms with Gasteiger partial charge in [-0.05, 0) is 30.7 Å². The van der Waals surface area contributed by atoms with Gasteiger partial charge >= 0.3 is 0 Å². The molecule has 3 nitrogen and oxygen atoms in total. The van der Waals surface area contributed by atoms with Crippen molar-refractivity contribution in [2.24, 2.45) is 0 Å². The second-order valence-electron chi connectivity index (χ2n) is 3.34. The van der Waals surface area contributed by atoms with Gasteiger partial charge in [0.1, 0.15) is 9.34 Å². The van der Waals surface area contributed by atoms with Gasteiger partial charge < -0.3 is 5.32 Å². The molecule has 0 atom stereocenters. The van der Waals surface area contributed by atoms with Crippen molar-refractivity contribution in [3.05, 3.63) is 45.6 Å². The minimum absolute atomic E-state index is 0.742. The van der Waals surface area contributed by atoms with Gasteiger partial charge in [0.2, 0.25) is 0 Å². The standard InChI is InChI=1S/C11H12ClN3S/c12-10-7-15-11(16-10)8-14-6-3-9-1-4-13-5-2-9/h1-2,4-5,7,14H,3,6,8H2. The zero-order chi connectivity index (χ0) is 11.2. The second kappa shape index (κ2) is 5.94. The van der Waals surface area contributed by atoms with Gasteiger partial charge in [-0.3, -0.25) is 4.98 Å². The molecule has 0 saturated heterocycles. The molecule has 0 aliphatic carbocycles. The highest BCUT2D eigenvalue weighted by Gasteiger charge is 1.98. The zero-order valence-electron chi connectivity index (χ0n) is 8.69. The third kappa shape index (κ3) is 3.56. The predicted molar refractivity (Wildman–Crippen MR) is 66.8 cm³/mol. The van der Waals surface area contributed by atoms with E-state index in [2.05, 4.69) is 15.3 Å². The smallest absolute Gasteiger partial charge is 0.113 e. The molecule has 0 aliphatic heterocycles. The Labute approximate surface area is 104 Å². The van der Waals surface area contributed by atoms with E-state index in [1.165, 1.54) is 16.9 Å². The summed E-state index contributed by atoms with van der Waals surface area (Å²) in [6, 6.07) is 4.06. The van der Waals surface area contributed by atoms with Gasteiger partial charge in [0.15, 0.2) is 0 Å². The molecule has 0 saturated carbocycles. The molecule has 1 N–H and O–H groups in total. The summed E-state index contributed by atoms with van der Waals surface area (Å²) < 4.78 is 0.742. The number of nitrogens with one attached hydrogen (secondary N) is 1. The van der Waals surface area contributed by atoms with Crippen molar-refractivity contribution in [3.8, 4) is 0 Å². The molecule has 0 bridgehead atoms. The van der Waals surface area contributed by atoms with Crippen LogP contribution in [0.2, 0.25) is 4.34 Å². The highest BCUT2D eigenvalue weighted by molar-refractivity contribution is 7.15. The highest BCUT2D eigenvalue weighted by Crippen LogP contribution is 2.17. The van der Waals surface area contributed by atoms with E-state index in [0.717, 1.165) is 28.9 Å². The van der Waals surface area contributed by atoms with Crippen LogP contribution in [0.3, 0.4) is 0 Å². The SMILES string of the molecule is Clc1cnc(CNCCc2ccncc2)s1. The summed E-state index contributed by atoms with van der Waals surface area (Å²) in [6.45, 7) is 1.71. The van der Waals surface area contributed by atoms with Crippen LogP contribution in [0.5, 0.6) is 0 Å². The average Bonchev–Trinajstić information content (AvgIpc) is 2.72. The number of halogens is 1. The lowest BCUT2D eigenvalue weighted by molar-refractivity contribution is 0.683. The first-order valence-electron chi connectivity index (χ1n) is 5.04. The largest absolute Gasteiger partial charge is 0.310 e. The van der Waals surface area contributed by atoms with Gasteiger partial charge in [0.05, 0.1) is 6.20 Å². The van der Waals surface area contributed by atoms with Gasteiger partial charge in [0, 0.05) is 18.9 Å². The molecule has 0 spiro atoms. The summed E-state index contributed by atoms with van der Waals surface area (Å²) in [5, 5.41) is 4.36. The number of pyridine rings is 1. The van der Waals surface area contributed by atoms with Crippen molar-refractivity contribution in [1.29, 1.82) is 0 Å². The van der Waals surface area contributed by atoms with Gasteiger partial charge in [0.25, 0.3) is 0 Å². The Bertz CT molecular complexity index is 430. The normalized spacial score (nSPS) is 10.6. The lowest BCUT2D eigenvalue weighted by Crippen LogP contribution is -2.16. The van der Waals surface area contributed by atoms with Crippen LogP contribution in [0, 0.1) is 0 Å². The number of rotatable bonds is 5. The molecular weight excluding hydrogens is 242 g/mol. The summed E-state index contributed by atoms with van der Waals surface area (Å²) in [4.78, 5) is 8.15. The van der Waals surface area contributed by atoms with E-state index in [1.807, 2.05) is 24.5 Å². The van der Waals surface area contributed by atoms with E-state index in [-0.39, 0.29) is 0 Å². The molecule has 0 fully saturated rings. The van der Waals surface area contributed by atoms with E-state index in [9.17, 15) is 0 Å². The first-order valence-corrected chi connectivity index (χ1v) is 6.24. The van der Waals surface area contributed by atoms with Crippen molar-refractivity contribution in [2.75, 3.05) is 6.54 Å². The van der Waals surface area contributed by atoms with Crippen LogP contribution < -0.4 is 5.32 Å². The third-order valence-electron chi connectivity index (χ3n) is 2.14. The van der Waals surface area contributed by atoms with Crippen LogP contribution in [0.4, 0.5) is 0 Å². The molecule has 0 amide bonds. The highest BCUT2D eigenvalue weighted by atomic mass is 35.5.